The van der Waals surface area contributed by atoms with Crippen LogP contribution in [0.2, 0.25) is 0 Å². The number of fused-ring (bicyclic) bond motifs is 2. The molecule has 0 aromatic heterocycles. The van der Waals surface area contributed by atoms with Gasteiger partial charge in [0.15, 0.2) is 0 Å². The van der Waals surface area contributed by atoms with Crippen LogP contribution in [0.15, 0.2) is 48.0 Å². The number of amides is 1. The largest absolute Gasteiger partial charge is 0.483 e. The average Bonchev–Trinajstić information content (AvgIpc) is 3.09. The van der Waals surface area contributed by atoms with Gasteiger partial charge in [-0.25, -0.2) is 0 Å². The second kappa shape index (κ2) is 8.60. The van der Waals surface area contributed by atoms with Gasteiger partial charge in [-0.05, 0) is 50.7 Å². The first-order chi connectivity index (χ1) is 16.3. The number of aliphatic hydroxyl groups excluding tert-OH is 1. The Bertz CT molecular complexity index is 1190. The highest BCUT2D eigenvalue weighted by atomic mass is 19.4. The molecule has 4 rings (SSSR count). The van der Waals surface area contributed by atoms with Crippen molar-refractivity contribution in [1.29, 1.82) is 0 Å². The molecule has 0 saturated heterocycles. The van der Waals surface area contributed by atoms with Crippen molar-refractivity contribution < 1.29 is 36.6 Å². The minimum absolute atomic E-state index is 0.0145. The standard InChI is InChI=1S/C25H25F5N2O3/c1-23(2)19(14-31(3)10-11-33)21(32-13-15-6-4-5-7-17(15)22(32)34)18-12-16(8-9-20(18)35-23)24(26,27)25(28,29)30/h4-9,12,33H,10-11,13-14H2,1-3H3. The molecule has 0 saturated carbocycles. The van der Waals surface area contributed by atoms with Crippen LogP contribution in [-0.2, 0) is 12.5 Å². The zero-order valence-corrected chi connectivity index (χ0v) is 19.4. The van der Waals surface area contributed by atoms with Gasteiger partial charge in [-0.1, -0.05) is 18.2 Å². The van der Waals surface area contributed by atoms with Crippen LogP contribution in [0.3, 0.4) is 0 Å². The van der Waals surface area contributed by atoms with E-state index < -0.39 is 23.3 Å². The highest BCUT2D eigenvalue weighted by Gasteiger charge is 2.59. The molecule has 2 aliphatic heterocycles. The third-order valence-electron chi connectivity index (χ3n) is 6.33. The summed E-state index contributed by atoms with van der Waals surface area (Å²) in [6.45, 7) is 3.93. The number of hydrogen-bond acceptors (Lipinski definition) is 4. The molecule has 0 bridgehead atoms. The van der Waals surface area contributed by atoms with Gasteiger partial charge in [0.05, 0.1) is 18.8 Å². The highest BCUT2D eigenvalue weighted by Crippen LogP contribution is 2.49. The lowest BCUT2D eigenvalue weighted by atomic mass is 9.87. The third-order valence-corrected chi connectivity index (χ3v) is 6.33. The molecule has 0 radical (unpaired) electrons. The Morgan fingerprint density at radius 3 is 2.40 bits per heavy atom. The summed E-state index contributed by atoms with van der Waals surface area (Å²) in [6, 6.07) is 9.44. The molecule has 1 amide bonds. The van der Waals surface area contributed by atoms with Gasteiger partial charge in [0.2, 0.25) is 0 Å². The van der Waals surface area contributed by atoms with Crippen molar-refractivity contribution in [2.75, 3.05) is 26.7 Å². The van der Waals surface area contributed by atoms with E-state index in [9.17, 15) is 31.9 Å². The van der Waals surface area contributed by atoms with Crippen molar-refractivity contribution >= 4 is 11.6 Å². The Morgan fingerprint density at radius 1 is 1.09 bits per heavy atom. The molecule has 2 aromatic carbocycles. The fourth-order valence-corrected chi connectivity index (χ4v) is 4.48. The summed E-state index contributed by atoms with van der Waals surface area (Å²) in [7, 11) is 1.72. The smallest absolute Gasteiger partial charge is 0.458 e. The summed E-state index contributed by atoms with van der Waals surface area (Å²) in [4.78, 5) is 16.5. The van der Waals surface area contributed by atoms with Crippen LogP contribution in [0.5, 0.6) is 5.75 Å². The molecule has 2 heterocycles. The molecule has 1 N–H and O–H groups in total. The number of nitrogens with zero attached hydrogens (tertiary/aromatic N) is 2. The molecule has 10 heteroatoms. The lowest BCUT2D eigenvalue weighted by molar-refractivity contribution is -0.289. The quantitative estimate of drug-likeness (QED) is 0.584. The molecule has 0 spiro atoms. The number of halogens is 5. The summed E-state index contributed by atoms with van der Waals surface area (Å²) in [5.41, 5.74) is -0.357. The number of carbonyl (C=O) groups is 1. The molecule has 2 aliphatic rings. The van der Waals surface area contributed by atoms with Gasteiger partial charge in [0.25, 0.3) is 5.91 Å². The number of likely N-dealkylation sites (N-methyl/N-ethyl adjacent to an activating group) is 1. The molecule has 188 valence electrons. The van der Waals surface area contributed by atoms with Crippen molar-refractivity contribution in [3.8, 4) is 5.75 Å². The first kappa shape index (κ1) is 25.1. The Morgan fingerprint density at radius 2 is 1.77 bits per heavy atom. The van der Waals surface area contributed by atoms with E-state index in [1.807, 2.05) is 0 Å². The maximum absolute atomic E-state index is 14.3. The number of hydrogen-bond donors (Lipinski definition) is 1. The molecule has 0 fully saturated rings. The number of rotatable bonds is 6. The van der Waals surface area contributed by atoms with E-state index in [1.54, 1.807) is 50.1 Å². The van der Waals surface area contributed by atoms with E-state index in [0.29, 0.717) is 17.2 Å². The van der Waals surface area contributed by atoms with Crippen molar-refractivity contribution in [3.05, 3.63) is 70.3 Å². The number of ether oxygens (including phenoxy) is 1. The number of carbonyl (C=O) groups excluding carboxylic acids is 1. The summed E-state index contributed by atoms with van der Waals surface area (Å²) in [5.74, 6) is -5.37. The molecule has 0 unspecified atom stereocenters. The fraction of sp³-hybridized carbons (Fsp3) is 0.400. The van der Waals surface area contributed by atoms with Gasteiger partial charge in [-0.3, -0.25) is 9.69 Å². The zero-order chi connectivity index (χ0) is 25.8. The van der Waals surface area contributed by atoms with Crippen molar-refractivity contribution in [2.24, 2.45) is 0 Å². The van der Waals surface area contributed by atoms with E-state index in [2.05, 4.69) is 0 Å². The summed E-state index contributed by atoms with van der Waals surface area (Å²) >= 11 is 0. The van der Waals surface area contributed by atoms with Gasteiger partial charge in [0, 0.05) is 35.4 Å². The summed E-state index contributed by atoms with van der Waals surface area (Å²) in [6.07, 6.45) is -5.79. The van der Waals surface area contributed by atoms with E-state index in [-0.39, 0.29) is 49.2 Å². The van der Waals surface area contributed by atoms with Crippen molar-refractivity contribution in [3.63, 3.8) is 0 Å². The maximum atomic E-state index is 14.3. The monoisotopic (exact) mass is 496 g/mol. The second-order valence-electron chi connectivity index (χ2n) is 9.23. The second-order valence-corrected chi connectivity index (χ2v) is 9.23. The van der Waals surface area contributed by atoms with Crippen LogP contribution in [0, 0.1) is 0 Å². The van der Waals surface area contributed by atoms with Crippen LogP contribution in [0.25, 0.3) is 5.70 Å². The first-order valence-electron chi connectivity index (χ1n) is 11.0. The predicted molar refractivity (Wildman–Crippen MR) is 119 cm³/mol. The zero-order valence-electron chi connectivity index (χ0n) is 19.4. The van der Waals surface area contributed by atoms with Crippen LogP contribution in [0.1, 0.15) is 40.9 Å². The van der Waals surface area contributed by atoms with Crippen LogP contribution in [-0.4, -0.2) is 59.3 Å². The lowest BCUT2D eigenvalue weighted by Gasteiger charge is -2.41. The van der Waals surface area contributed by atoms with Crippen molar-refractivity contribution in [1.82, 2.24) is 9.80 Å². The van der Waals surface area contributed by atoms with E-state index >= 15 is 0 Å². The average molecular weight is 496 g/mol. The molecule has 5 nitrogen and oxygen atoms in total. The molecule has 0 aliphatic carbocycles. The number of alkyl halides is 5. The van der Waals surface area contributed by atoms with E-state index in [1.165, 1.54) is 4.90 Å². The van der Waals surface area contributed by atoms with Gasteiger partial charge in [0.1, 0.15) is 11.4 Å². The Labute approximate surface area is 199 Å². The van der Waals surface area contributed by atoms with Gasteiger partial charge in [-0.2, -0.15) is 22.0 Å². The Balaban J connectivity index is 1.94. The molecule has 2 aromatic rings. The van der Waals surface area contributed by atoms with E-state index in [0.717, 1.165) is 17.7 Å². The van der Waals surface area contributed by atoms with Gasteiger partial charge >= 0.3 is 12.1 Å². The molecular formula is C25H25F5N2O3. The first-order valence-corrected chi connectivity index (χ1v) is 11.0. The Kier molecular flexibility index (Phi) is 6.17. The Hall–Kier alpha value is -2.98. The minimum atomic E-state index is -5.79. The highest BCUT2D eigenvalue weighted by molar-refractivity contribution is 6.04. The SMILES string of the molecule is CN(CCO)CC1=C(N2Cc3ccccc3C2=O)c2cc(C(F)(F)C(F)(F)F)ccc2OC1(C)C. The fourth-order valence-electron chi connectivity index (χ4n) is 4.48. The van der Waals surface area contributed by atoms with Crippen molar-refractivity contribution in [2.45, 2.75) is 38.1 Å². The molecule has 35 heavy (non-hydrogen) atoms. The minimum Gasteiger partial charge on any atom is -0.483 e. The van der Waals surface area contributed by atoms with E-state index in [4.69, 9.17) is 4.74 Å². The summed E-state index contributed by atoms with van der Waals surface area (Å²) < 4.78 is 74.1. The van der Waals surface area contributed by atoms with Gasteiger partial charge in [-0.15, -0.1) is 0 Å². The normalized spacial score (nSPS) is 17.5. The van der Waals surface area contributed by atoms with Crippen LogP contribution >= 0.6 is 0 Å². The topological polar surface area (TPSA) is 53.0 Å². The predicted octanol–water partition coefficient (Wildman–Crippen LogP) is 4.80. The molecular weight excluding hydrogens is 471 g/mol. The number of benzene rings is 2. The van der Waals surface area contributed by atoms with Gasteiger partial charge < -0.3 is 14.7 Å². The maximum Gasteiger partial charge on any atom is 0.458 e. The van der Waals surface area contributed by atoms with Crippen LogP contribution < -0.4 is 4.74 Å². The number of aliphatic hydroxyl groups is 1. The third kappa shape index (κ3) is 4.29. The summed E-state index contributed by atoms with van der Waals surface area (Å²) in [5, 5.41) is 9.35. The molecule has 0 atom stereocenters. The lowest BCUT2D eigenvalue weighted by Crippen LogP contribution is -2.43. The van der Waals surface area contributed by atoms with Crippen LogP contribution in [0.4, 0.5) is 22.0 Å².